The first-order valence-corrected chi connectivity index (χ1v) is 8.10. The van der Waals surface area contributed by atoms with Crippen molar-refractivity contribution in [2.45, 2.75) is 20.5 Å². The van der Waals surface area contributed by atoms with Crippen molar-refractivity contribution in [2.75, 3.05) is 0 Å². The van der Waals surface area contributed by atoms with Gasteiger partial charge in [-0.1, -0.05) is 17.7 Å². The number of aromatic nitrogens is 4. The van der Waals surface area contributed by atoms with Crippen LogP contribution in [0.5, 0.6) is 0 Å². The molecule has 0 amide bonds. The smallest absolute Gasteiger partial charge is 0.344 e. The molecule has 0 bridgehead atoms. The quantitative estimate of drug-likeness (QED) is 0.526. The number of carbonyl (C=O) groups is 1. The Bertz CT molecular complexity index is 1080. The summed E-state index contributed by atoms with van der Waals surface area (Å²) in [7, 11) is 0. The molecule has 1 aromatic carbocycles. The van der Waals surface area contributed by atoms with Gasteiger partial charge < -0.3 is 9.15 Å². The van der Waals surface area contributed by atoms with E-state index in [-0.39, 0.29) is 6.61 Å². The number of hydrogen-bond donors (Lipinski definition) is 0. The molecular weight excluding hydrogens is 332 g/mol. The van der Waals surface area contributed by atoms with E-state index in [2.05, 4.69) is 15.1 Å². The zero-order chi connectivity index (χ0) is 18.1. The number of hydrogen-bond acceptors (Lipinski definition) is 6. The fourth-order valence-electron chi connectivity index (χ4n) is 2.65. The van der Waals surface area contributed by atoms with Gasteiger partial charge in [0.1, 0.15) is 24.1 Å². The van der Waals surface area contributed by atoms with E-state index >= 15 is 0 Å². The highest BCUT2D eigenvalue weighted by Crippen LogP contribution is 2.20. The second kappa shape index (κ2) is 6.44. The molecule has 4 rings (SSSR count). The summed E-state index contributed by atoms with van der Waals surface area (Å²) in [4.78, 5) is 21.0. The SMILES string of the molecule is Cc1ccc(-c2nc(COC(=O)c3c(C)nn4cccnc34)co2)cc1. The van der Waals surface area contributed by atoms with Crippen LogP contribution in [0, 0.1) is 13.8 Å². The average molecular weight is 348 g/mol. The Labute approximate surface area is 149 Å². The number of fused-ring (bicyclic) bond motifs is 1. The number of rotatable bonds is 4. The predicted molar refractivity (Wildman–Crippen MR) is 93.5 cm³/mol. The molecule has 0 atom stereocenters. The average Bonchev–Trinajstić information content (AvgIpc) is 3.24. The van der Waals surface area contributed by atoms with Crippen molar-refractivity contribution >= 4 is 11.6 Å². The maximum atomic E-state index is 12.5. The second-order valence-corrected chi connectivity index (χ2v) is 5.93. The van der Waals surface area contributed by atoms with Crippen molar-refractivity contribution in [3.8, 4) is 11.5 Å². The fourth-order valence-corrected chi connectivity index (χ4v) is 2.65. The van der Waals surface area contributed by atoms with Crippen LogP contribution in [0.25, 0.3) is 17.1 Å². The van der Waals surface area contributed by atoms with Crippen molar-refractivity contribution in [1.29, 1.82) is 0 Å². The van der Waals surface area contributed by atoms with Crippen LogP contribution in [-0.4, -0.2) is 25.6 Å². The van der Waals surface area contributed by atoms with Crippen LogP contribution in [0.15, 0.2) is 53.4 Å². The highest BCUT2D eigenvalue weighted by Gasteiger charge is 2.20. The summed E-state index contributed by atoms with van der Waals surface area (Å²) in [5.41, 5.74) is 3.95. The number of nitrogens with zero attached hydrogens (tertiary/aromatic N) is 4. The maximum absolute atomic E-state index is 12.5. The van der Waals surface area contributed by atoms with E-state index in [9.17, 15) is 4.79 Å². The van der Waals surface area contributed by atoms with Gasteiger partial charge in [0.05, 0.1) is 5.69 Å². The predicted octanol–water partition coefficient (Wildman–Crippen LogP) is 3.36. The first-order chi connectivity index (χ1) is 12.6. The summed E-state index contributed by atoms with van der Waals surface area (Å²) >= 11 is 0. The Hall–Kier alpha value is -3.48. The lowest BCUT2D eigenvalue weighted by molar-refractivity contribution is 0.0469. The van der Waals surface area contributed by atoms with Gasteiger partial charge in [-0.3, -0.25) is 0 Å². The molecule has 0 fully saturated rings. The Morgan fingerprint density at radius 3 is 2.85 bits per heavy atom. The van der Waals surface area contributed by atoms with Crippen molar-refractivity contribution in [2.24, 2.45) is 0 Å². The van der Waals surface area contributed by atoms with Crippen molar-refractivity contribution in [3.63, 3.8) is 0 Å². The lowest BCUT2D eigenvalue weighted by atomic mass is 10.1. The maximum Gasteiger partial charge on any atom is 0.344 e. The van der Waals surface area contributed by atoms with E-state index in [1.807, 2.05) is 31.2 Å². The summed E-state index contributed by atoms with van der Waals surface area (Å²) in [5, 5.41) is 4.26. The molecule has 0 aliphatic carbocycles. The van der Waals surface area contributed by atoms with E-state index in [1.54, 1.807) is 29.9 Å². The molecule has 0 saturated heterocycles. The highest BCUT2D eigenvalue weighted by molar-refractivity contribution is 5.97. The summed E-state index contributed by atoms with van der Waals surface area (Å²) in [6.45, 7) is 3.77. The van der Waals surface area contributed by atoms with Crippen LogP contribution in [0.4, 0.5) is 0 Å². The highest BCUT2D eigenvalue weighted by atomic mass is 16.5. The standard InChI is InChI=1S/C19H16N4O3/c1-12-4-6-14(7-5-12)18-21-15(10-25-18)11-26-19(24)16-13(2)22-23-9-3-8-20-17(16)23/h3-10H,11H2,1-2H3. The molecule has 0 spiro atoms. The lowest BCUT2D eigenvalue weighted by Crippen LogP contribution is -2.07. The number of aryl methyl sites for hydroxylation is 2. The van der Waals surface area contributed by atoms with E-state index < -0.39 is 5.97 Å². The van der Waals surface area contributed by atoms with Gasteiger partial charge in [0, 0.05) is 18.0 Å². The largest absolute Gasteiger partial charge is 0.455 e. The first-order valence-electron chi connectivity index (χ1n) is 8.10. The Balaban J connectivity index is 1.50. The summed E-state index contributed by atoms with van der Waals surface area (Å²) in [6, 6.07) is 9.59. The molecule has 3 heterocycles. The third-order valence-corrected chi connectivity index (χ3v) is 3.98. The minimum atomic E-state index is -0.490. The summed E-state index contributed by atoms with van der Waals surface area (Å²) < 4.78 is 12.4. The van der Waals surface area contributed by atoms with Crippen LogP contribution in [0.2, 0.25) is 0 Å². The molecule has 0 N–H and O–H groups in total. The molecule has 26 heavy (non-hydrogen) atoms. The summed E-state index contributed by atoms with van der Waals surface area (Å²) in [6.07, 6.45) is 4.83. The molecule has 130 valence electrons. The fraction of sp³-hybridized carbons (Fsp3) is 0.158. The summed E-state index contributed by atoms with van der Waals surface area (Å²) in [5.74, 6) is 0.000894. The number of oxazole rings is 1. The lowest BCUT2D eigenvalue weighted by Gasteiger charge is -2.01. The first kappa shape index (κ1) is 16.0. The molecule has 4 aromatic rings. The number of ether oxygens (including phenoxy) is 1. The van der Waals surface area contributed by atoms with Crippen LogP contribution in [-0.2, 0) is 11.3 Å². The Morgan fingerprint density at radius 1 is 1.23 bits per heavy atom. The van der Waals surface area contributed by atoms with Crippen molar-refractivity contribution in [1.82, 2.24) is 19.6 Å². The Kier molecular flexibility index (Phi) is 3.96. The molecule has 0 aliphatic heterocycles. The van der Waals surface area contributed by atoms with Gasteiger partial charge in [-0.15, -0.1) is 0 Å². The molecule has 0 unspecified atom stereocenters. The molecule has 0 radical (unpaired) electrons. The van der Waals surface area contributed by atoms with Crippen LogP contribution in [0.3, 0.4) is 0 Å². The van der Waals surface area contributed by atoms with Crippen LogP contribution in [0.1, 0.15) is 27.3 Å². The zero-order valence-corrected chi connectivity index (χ0v) is 14.3. The normalized spacial score (nSPS) is 11.0. The molecular formula is C19H16N4O3. The van der Waals surface area contributed by atoms with E-state index in [0.717, 1.165) is 11.1 Å². The van der Waals surface area contributed by atoms with Gasteiger partial charge in [-0.05, 0) is 32.0 Å². The van der Waals surface area contributed by atoms with E-state index in [1.165, 1.54) is 6.26 Å². The zero-order valence-electron chi connectivity index (χ0n) is 14.3. The van der Waals surface area contributed by atoms with Crippen LogP contribution >= 0.6 is 0 Å². The second-order valence-electron chi connectivity index (χ2n) is 5.93. The monoisotopic (exact) mass is 348 g/mol. The third-order valence-electron chi connectivity index (χ3n) is 3.98. The van der Waals surface area contributed by atoms with Gasteiger partial charge in [0.2, 0.25) is 5.89 Å². The van der Waals surface area contributed by atoms with Gasteiger partial charge in [-0.25, -0.2) is 19.3 Å². The molecule has 3 aromatic heterocycles. The van der Waals surface area contributed by atoms with Crippen molar-refractivity contribution < 1.29 is 13.9 Å². The van der Waals surface area contributed by atoms with Gasteiger partial charge in [-0.2, -0.15) is 5.10 Å². The minimum absolute atomic E-state index is 0.0117. The van der Waals surface area contributed by atoms with E-state index in [4.69, 9.17) is 9.15 Å². The molecule has 0 saturated carbocycles. The van der Waals surface area contributed by atoms with Gasteiger partial charge in [0.15, 0.2) is 5.65 Å². The Morgan fingerprint density at radius 2 is 2.04 bits per heavy atom. The molecule has 7 heteroatoms. The minimum Gasteiger partial charge on any atom is -0.455 e. The van der Waals surface area contributed by atoms with Gasteiger partial charge >= 0.3 is 5.97 Å². The van der Waals surface area contributed by atoms with E-state index in [0.29, 0.717) is 28.5 Å². The number of esters is 1. The molecule has 0 aliphatic rings. The van der Waals surface area contributed by atoms with Crippen LogP contribution < -0.4 is 0 Å². The third kappa shape index (κ3) is 2.95. The topological polar surface area (TPSA) is 82.5 Å². The number of benzene rings is 1. The van der Waals surface area contributed by atoms with Gasteiger partial charge in [0.25, 0.3) is 0 Å². The molecule has 7 nitrogen and oxygen atoms in total. The number of carbonyl (C=O) groups excluding carboxylic acids is 1. The van der Waals surface area contributed by atoms with Crippen molar-refractivity contribution in [3.05, 3.63) is 71.5 Å².